The van der Waals surface area contributed by atoms with Crippen LogP contribution < -0.4 is 14.4 Å². The van der Waals surface area contributed by atoms with Gasteiger partial charge in [0.2, 0.25) is 0 Å². The molecular weight excluding hydrogens is 468 g/mol. The summed E-state index contributed by atoms with van der Waals surface area (Å²) in [6.45, 7) is 2.36. The number of methoxy groups -OCH3 is 2. The quantitative estimate of drug-likeness (QED) is 0.342. The Hall–Kier alpha value is -2.71. The number of halogens is 1. The zero-order valence-corrected chi connectivity index (χ0v) is 19.2. The maximum atomic E-state index is 13.4. The van der Waals surface area contributed by atoms with Crippen molar-refractivity contribution in [3.63, 3.8) is 0 Å². The van der Waals surface area contributed by atoms with Crippen molar-refractivity contribution in [1.29, 1.82) is 0 Å². The highest BCUT2D eigenvalue weighted by Crippen LogP contribution is 2.37. The second-order valence-corrected chi connectivity index (χ2v) is 7.78. The van der Waals surface area contributed by atoms with Crippen LogP contribution in [0.1, 0.15) is 18.9 Å². The lowest BCUT2D eigenvalue weighted by Crippen LogP contribution is -2.56. The third-order valence-corrected chi connectivity index (χ3v) is 5.43. The van der Waals surface area contributed by atoms with E-state index in [2.05, 4.69) is 15.9 Å². The van der Waals surface area contributed by atoms with Gasteiger partial charge in [0.05, 0.1) is 19.9 Å². The number of carbonyl (C=O) groups excluding carboxylic acids is 2. The standard InChI is InChI=1S/C22H21BrN2O4S/c1-4-10-24-20(26)17(12-14-11-15(23)13-18(28-2)19(14)29-3)21(27)25(22(24)30)16-8-6-5-7-9-16/h5-9,11-13H,4,10H2,1-3H3/b17-12+. The fourth-order valence-electron chi connectivity index (χ4n) is 3.22. The van der Waals surface area contributed by atoms with E-state index in [4.69, 9.17) is 21.7 Å². The molecule has 1 aliphatic rings. The number of hydrogen-bond acceptors (Lipinski definition) is 5. The predicted molar refractivity (Wildman–Crippen MR) is 124 cm³/mol. The number of anilines is 1. The maximum Gasteiger partial charge on any atom is 0.270 e. The second-order valence-electron chi connectivity index (χ2n) is 6.50. The summed E-state index contributed by atoms with van der Waals surface area (Å²) in [6, 6.07) is 12.6. The van der Waals surface area contributed by atoms with Crippen LogP contribution in [0.2, 0.25) is 0 Å². The van der Waals surface area contributed by atoms with Crippen LogP contribution in [-0.2, 0) is 9.59 Å². The first-order valence-electron chi connectivity index (χ1n) is 9.31. The Balaban J connectivity index is 2.18. The molecule has 0 unspecified atom stereocenters. The summed E-state index contributed by atoms with van der Waals surface area (Å²) in [7, 11) is 3.03. The Morgan fingerprint density at radius 2 is 1.77 bits per heavy atom. The lowest BCUT2D eigenvalue weighted by atomic mass is 10.0. The highest BCUT2D eigenvalue weighted by molar-refractivity contribution is 9.10. The van der Waals surface area contributed by atoms with Crippen LogP contribution >= 0.6 is 28.1 Å². The van der Waals surface area contributed by atoms with Crippen molar-refractivity contribution in [2.45, 2.75) is 13.3 Å². The molecule has 6 nitrogen and oxygen atoms in total. The molecule has 2 aromatic carbocycles. The molecule has 0 saturated carbocycles. The van der Waals surface area contributed by atoms with E-state index in [-0.39, 0.29) is 10.7 Å². The first-order chi connectivity index (χ1) is 14.4. The lowest BCUT2D eigenvalue weighted by molar-refractivity contribution is -0.127. The van der Waals surface area contributed by atoms with Crippen molar-refractivity contribution in [3.05, 3.63) is 58.1 Å². The average molecular weight is 489 g/mol. The van der Waals surface area contributed by atoms with Crippen molar-refractivity contribution in [3.8, 4) is 11.5 Å². The number of rotatable bonds is 6. The van der Waals surface area contributed by atoms with Crippen LogP contribution in [-0.4, -0.2) is 42.6 Å². The van der Waals surface area contributed by atoms with Gasteiger partial charge in [0, 0.05) is 16.6 Å². The lowest BCUT2D eigenvalue weighted by Gasteiger charge is -2.36. The van der Waals surface area contributed by atoms with Crippen molar-refractivity contribution in [1.82, 2.24) is 4.90 Å². The molecule has 0 N–H and O–H groups in total. The molecule has 0 atom stereocenters. The Morgan fingerprint density at radius 3 is 2.37 bits per heavy atom. The van der Waals surface area contributed by atoms with Gasteiger partial charge in [0.1, 0.15) is 5.57 Å². The summed E-state index contributed by atoms with van der Waals surface area (Å²) in [5, 5.41) is 0.175. The Bertz CT molecular complexity index is 1020. The number of ether oxygens (including phenoxy) is 2. The molecule has 2 aromatic rings. The van der Waals surface area contributed by atoms with Crippen LogP contribution in [0, 0.1) is 0 Å². The van der Waals surface area contributed by atoms with Gasteiger partial charge < -0.3 is 9.47 Å². The van der Waals surface area contributed by atoms with E-state index in [0.717, 1.165) is 4.47 Å². The predicted octanol–water partition coefficient (Wildman–Crippen LogP) is 4.42. The zero-order valence-electron chi connectivity index (χ0n) is 16.8. The number of para-hydroxylation sites is 1. The molecule has 0 aromatic heterocycles. The van der Waals surface area contributed by atoms with Crippen LogP contribution in [0.4, 0.5) is 5.69 Å². The number of hydrogen-bond donors (Lipinski definition) is 0. The van der Waals surface area contributed by atoms with Crippen molar-refractivity contribution in [2.75, 3.05) is 25.7 Å². The summed E-state index contributed by atoms with van der Waals surface area (Å²) in [5.74, 6) is -0.00453. The smallest absolute Gasteiger partial charge is 0.270 e. The number of benzene rings is 2. The summed E-state index contributed by atoms with van der Waals surface area (Å²) in [6.07, 6.45) is 2.22. The van der Waals surface area contributed by atoms with Gasteiger partial charge in [-0.1, -0.05) is 41.1 Å². The molecule has 2 amide bonds. The fourth-order valence-corrected chi connectivity index (χ4v) is 4.04. The van der Waals surface area contributed by atoms with Crippen molar-refractivity contribution in [2.24, 2.45) is 0 Å². The largest absolute Gasteiger partial charge is 0.493 e. The minimum Gasteiger partial charge on any atom is -0.493 e. The molecule has 0 spiro atoms. The molecule has 156 valence electrons. The number of carbonyl (C=O) groups is 2. The maximum absolute atomic E-state index is 13.4. The normalized spacial score (nSPS) is 15.7. The number of nitrogens with zero attached hydrogens (tertiary/aromatic N) is 2. The van der Waals surface area contributed by atoms with E-state index in [1.807, 2.05) is 25.1 Å². The first kappa shape index (κ1) is 22.0. The molecule has 1 saturated heterocycles. The van der Waals surface area contributed by atoms with Gasteiger partial charge in [0.25, 0.3) is 11.8 Å². The van der Waals surface area contributed by atoms with E-state index in [1.165, 1.54) is 30.1 Å². The van der Waals surface area contributed by atoms with Gasteiger partial charge in [0.15, 0.2) is 16.6 Å². The summed E-state index contributed by atoms with van der Waals surface area (Å²) in [5.41, 5.74) is 1.14. The highest BCUT2D eigenvalue weighted by Gasteiger charge is 2.40. The highest BCUT2D eigenvalue weighted by atomic mass is 79.9. The molecule has 0 radical (unpaired) electrons. The molecule has 8 heteroatoms. The minimum absolute atomic E-state index is 0.000596. The molecule has 0 bridgehead atoms. The minimum atomic E-state index is -0.482. The third-order valence-electron chi connectivity index (χ3n) is 4.57. The summed E-state index contributed by atoms with van der Waals surface area (Å²) < 4.78 is 11.6. The molecule has 0 aliphatic carbocycles. The second kappa shape index (κ2) is 9.40. The van der Waals surface area contributed by atoms with E-state index in [0.29, 0.717) is 35.7 Å². The van der Waals surface area contributed by atoms with Crippen LogP contribution in [0.5, 0.6) is 11.5 Å². The van der Waals surface area contributed by atoms with Gasteiger partial charge in [-0.05, 0) is 49.0 Å². The van der Waals surface area contributed by atoms with Gasteiger partial charge in [-0.3, -0.25) is 19.4 Å². The van der Waals surface area contributed by atoms with Crippen LogP contribution in [0.3, 0.4) is 0 Å². The molecule has 1 aliphatic heterocycles. The van der Waals surface area contributed by atoms with Crippen molar-refractivity contribution < 1.29 is 19.1 Å². The average Bonchev–Trinajstić information content (AvgIpc) is 2.74. The van der Waals surface area contributed by atoms with Crippen molar-refractivity contribution >= 4 is 56.8 Å². The zero-order chi connectivity index (χ0) is 21.8. The van der Waals surface area contributed by atoms with E-state index in [9.17, 15) is 9.59 Å². The summed E-state index contributed by atoms with van der Waals surface area (Å²) >= 11 is 8.94. The number of amides is 2. The molecule has 30 heavy (non-hydrogen) atoms. The van der Waals surface area contributed by atoms with Gasteiger partial charge in [-0.2, -0.15) is 0 Å². The topological polar surface area (TPSA) is 59.1 Å². The molecule has 1 fully saturated rings. The van der Waals surface area contributed by atoms with Gasteiger partial charge >= 0.3 is 0 Å². The van der Waals surface area contributed by atoms with E-state index >= 15 is 0 Å². The first-order valence-corrected chi connectivity index (χ1v) is 10.5. The Kier molecular flexibility index (Phi) is 6.89. The van der Waals surface area contributed by atoms with Gasteiger partial charge in [-0.15, -0.1) is 0 Å². The SMILES string of the molecule is CCCN1C(=O)/C(=C\c2cc(Br)cc(OC)c2OC)C(=O)N(c2ccccc2)C1=S. The number of thiocarbonyl (C=S) groups is 1. The Morgan fingerprint density at radius 1 is 1.07 bits per heavy atom. The van der Waals surface area contributed by atoms with Gasteiger partial charge in [-0.25, -0.2) is 0 Å². The van der Waals surface area contributed by atoms with Crippen LogP contribution in [0.25, 0.3) is 6.08 Å². The third kappa shape index (κ3) is 4.11. The molecule has 3 rings (SSSR count). The van der Waals surface area contributed by atoms with E-state index < -0.39 is 11.8 Å². The van der Waals surface area contributed by atoms with E-state index in [1.54, 1.807) is 24.3 Å². The molecular formula is C22H21BrN2O4S. The summed E-state index contributed by atoms with van der Waals surface area (Å²) in [4.78, 5) is 29.4. The van der Waals surface area contributed by atoms with Crippen LogP contribution in [0.15, 0.2) is 52.5 Å². The fraction of sp³-hybridized carbons (Fsp3) is 0.227. The monoisotopic (exact) mass is 488 g/mol. The molecule has 1 heterocycles. The Labute approximate surface area is 189 Å².